The Bertz CT molecular complexity index is 423. The SMILES string of the molecule is COCCNCC(=O)NC1CCOc2ccccc21. The van der Waals surface area contributed by atoms with Gasteiger partial charge in [0, 0.05) is 25.6 Å². The fraction of sp³-hybridized carbons (Fsp3) is 0.500. The molecule has 2 rings (SSSR count). The Labute approximate surface area is 113 Å². The first kappa shape index (κ1) is 13.8. The predicted octanol–water partition coefficient (Wildman–Crippen LogP) is 0.862. The van der Waals surface area contributed by atoms with E-state index in [0.29, 0.717) is 26.3 Å². The number of carbonyl (C=O) groups is 1. The van der Waals surface area contributed by atoms with Crippen LogP contribution in [0.5, 0.6) is 5.75 Å². The average molecular weight is 264 g/mol. The van der Waals surface area contributed by atoms with Crippen LogP contribution in [0.1, 0.15) is 18.0 Å². The molecule has 5 nitrogen and oxygen atoms in total. The molecule has 104 valence electrons. The molecule has 0 aliphatic carbocycles. The third kappa shape index (κ3) is 3.94. The molecule has 0 radical (unpaired) electrons. The molecule has 1 heterocycles. The van der Waals surface area contributed by atoms with Crippen LogP contribution in [0.15, 0.2) is 24.3 Å². The van der Waals surface area contributed by atoms with Crippen molar-refractivity contribution in [3.63, 3.8) is 0 Å². The van der Waals surface area contributed by atoms with E-state index < -0.39 is 0 Å². The van der Waals surface area contributed by atoms with Gasteiger partial charge in [0.2, 0.25) is 5.91 Å². The summed E-state index contributed by atoms with van der Waals surface area (Å²) in [7, 11) is 1.64. The van der Waals surface area contributed by atoms with Crippen molar-refractivity contribution >= 4 is 5.91 Å². The van der Waals surface area contributed by atoms with Gasteiger partial charge in [-0.05, 0) is 6.07 Å². The van der Waals surface area contributed by atoms with Crippen molar-refractivity contribution in [2.75, 3.05) is 33.4 Å². The smallest absolute Gasteiger partial charge is 0.234 e. The minimum absolute atomic E-state index is 0.00203. The van der Waals surface area contributed by atoms with Crippen LogP contribution in [-0.2, 0) is 9.53 Å². The third-order valence-corrected chi connectivity index (χ3v) is 3.06. The first-order chi connectivity index (χ1) is 9.31. The molecule has 1 atom stereocenters. The summed E-state index contributed by atoms with van der Waals surface area (Å²) in [5.74, 6) is 0.865. The second-order valence-electron chi connectivity index (χ2n) is 4.46. The van der Waals surface area contributed by atoms with Gasteiger partial charge in [0.05, 0.1) is 25.8 Å². The van der Waals surface area contributed by atoms with Crippen molar-refractivity contribution in [3.05, 3.63) is 29.8 Å². The van der Waals surface area contributed by atoms with Crippen LogP contribution >= 0.6 is 0 Å². The number of fused-ring (bicyclic) bond motifs is 1. The maximum absolute atomic E-state index is 11.8. The van der Waals surface area contributed by atoms with Gasteiger partial charge in [-0.1, -0.05) is 18.2 Å². The van der Waals surface area contributed by atoms with Gasteiger partial charge in [0.25, 0.3) is 0 Å². The van der Waals surface area contributed by atoms with Crippen molar-refractivity contribution in [3.8, 4) is 5.75 Å². The molecule has 0 spiro atoms. The molecule has 1 aromatic carbocycles. The first-order valence-corrected chi connectivity index (χ1v) is 6.52. The summed E-state index contributed by atoms with van der Waals surface area (Å²) in [6, 6.07) is 7.88. The normalized spacial score (nSPS) is 17.4. The van der Waals surface area contributed by atoms with Gasteiger partial charge in [-0.3, -0.25) is 4.79 Å². The zero-order valence-electron chi connectivity index (χ0n) is 11.1. The number of carbonyl (C=O) groups excluding carboxylic acids is 1. The number of hydrogen-bond acceptors (Lipinski definition) is 4. The number of hydrogen-bond donors (Lipinski definition) is 2. The number of rotatable bonds is 6. The Balaban J connectivity index is 1.85. The first-order valence-electron chi connectivity index (χ1n) is 6.52. The Kier molecular flexibility index (Phi) is 5.18. The zero-order valence-corrected chi connectivity index (χ0v) is 11.1. The highest BCUT2D eigenvalue weighted by atomic mass is 16.5. The minimum Gasteiger partial charge on any atom is -0.493 e. The van der Waals surface area contributed by atoms with Crippen LogP contribution in [0.3, 0.4) is 0 Å². The van der Waals surface area contributed by atoms with E-state index in [1.54, 1.807) is 7.11 Å². The van der Waals surface area contributed by atoms with Gasteiger partial charge >= 0.3 is 0 Å². The lowest BCUT2D eigenvalue weighted by atomic mass is 10.0. The monoisotopic (exact) mass is 264 g/mol. The van der Waals surface area contributed by atoms with Crippen LogP contribution in [0.25, 0.3) is 0 Å². The van der Waals surface area contributed by atoms with Gasteiger partial charge in [-0.15, -0.1) is 0 Å². The van der Waals surface area contributed by atoms with Crippen LogP contribution in [0.4, 0.5) is 0 Å². The topological polar surface area (TPSA) is 59.6 Å². The van der Waals surface area contributed by atoms with Crippen LogP contribution in [-0.4, -0.2) is 39.3 Å². The molecule has 19 heavy (non-hydrogen) atoms. The van der Waals surface area contributed by atoms with Gasteiger partial charge in [-0.2, -0.15) is 0 Å². The summed E-state index contributed by atoms with van der Waals surface area (Å²) in [6.45, 7) is 2.23. The highest BCUT2D eigenvalue weighted by Crippen LogP contribution is 2.31. The van der Waals surface area contributed by atoms with Gasteiger partial charge in [0.1, 0.15) is 5.75 Å². The molecule has 0 bridgehead atoms. The maximum atomic E-state index is 11.8. The van der Waals surface area contributed by atoms with Crippen LogP contribution in [0, 0.1) is 0 Å². The number of amides is 1. The van der Waals surface area contributed by atoms with E-state index in [4.69, 9.17) is 9.47 Å². The number of methoxy groups -OCH3 is 1. The standard InChI is InChI=1S/C14H20N2O3/c1-18-9-7-15-10-14(17)16-12-6-8-19-13-5-3-2-4-11(12)13/h2-5,12,15H,6-10H2,1H3,(H,16,17). The van der Waals surface area contributed by atoms with Crippen LogP contribution in [0.2, 0.25) is 0 Å². The molecule has 1 unspecified atom stereocenters. The summed E-state index contributed by atoms with van der Waals surface area (Å²) in [4.78, 5) is 11.8. The Morgan fingerprint density at radius 2 is 2.32 bits per heavy atom. The Morgan fingerprint density at radius 3 is 3.16 bits per heavy atom. The quantitative estimate of drug-likeness (QED) is 0.748. The lowest BCUT2D eigenvalue weighted by molar-refractivity contribution is -0.121. The van der Waals surface area contributed by atoms with Crippen LogP contribution < -0.4 is 15.4 Å². The molecule has 0 saturated carbocycles. The summed E-state index contributed by atoms with van der Waals surface area (Å²) < 4.78 is 10.5. The summed E-state index contributed by atoms with van der Waals surface area (Å²) in [6.07, 6.45) is 0.806. The predicted molar refractivity (Wildman–Crippen MR) is 72.2 cm³/mol. The fourth-order valence-electron chi connectivity index (χ4n) is 2.11. The Hall–Kier alpha value is -1.59. The Morgan fingerprint density at radius 1 is 1.47 bits per heavy atom. The molecule has 1 aromatic rings. The van der Waals surface area contributed by atoms with Gasteiger partial charge < -0.3 is 20.1 Å². The van der Waals surface area contributed by atoms with E-state index in [1.807, 2.05) is 24.3 Å². The van der Waals surface area contributed by atoms with E-state index in [2.05, 4.69) is 10.6 Å². The van der Waals surface area contributed by atoms with Crippen molar-refractivity contribution in [2.45, 2.75) is 12.5 Å². The molecule has 0 aromatic heterocycles. The number of benzene rings is 1. The lowest BCUT2D eigenvalue weighted by Crippen LogP contribution is -2.38. The molecule has 5 heteroatoms. The summed E-state index contributed by atoms with van der Waals surface area (Å²) in [5.41, 5.74) is 1.05. The highest BCUT2D eigenvalue weighted by molar-refractivity contribution is 5.78. The van der Waals surface area contributed by atoms with Crippen molar-refractivity contribution in [1.82, 2.24) is 10.6 Å². The molecule has 0 fully saturated rings. The fourth-order valence-corrected chi connectivity index (χ4v) is 2.11. The van der Waals surface area contributed by atoms with Crippen molar-refractivity contribution in [2.24, 2.45) is 0 Å². The van der Waals surface area contributed by atoms with E-state index >= 15 is 0 Å². The number of para-hydroxylation sites is 1. The van der Waals surface area contributed by atoms with E-state index in [0.717, 1.165) is 17.7 Å². The molecular formula is C14H20N2O3. The average Bonchev–Trinajstić information content (AvgIpc) is 2.44. The van der Waals surface area contributed by atoms with Gasteiger partial charge in [-0.25, -0.2) is 0 Å². The summed E-state index contributed by atoms with van der Waals surface area (Å²) >= 11 is 0. The number of nitrogens with one attached hydrogen (secondary N) is 2. The number of ether oxygens (including phenoxy) is 2. The molecule has 1 aliphatic rings. The molecule has 0 saturated heterocycles. The largest absolute Gasteiger partial charge is 0.493 e. The highest BCUT2D eigenvalue weighted by Gasteiger charge is 2.22. The molecule has 2 N–H and O–H groups in total. The molecule has 1 amide bonds. The van der Waals surface area contributed by atoms with E-state index in [-0.39, 0.29) is 11.9 Å². The molecular weight excluding hydrogens is 244 g/mol. The molecule has 1 aliphatic heterocycles. The van der Waals surface area contributed by atoms with Gasteiger partial charge in [0.15, 0.2) is 0 Å². The van der Waals surface area contributed by atoms with Crippen molar-refractivity contribution in [1.29, 1.82) is 0 Å². The minimum atomic E-state index is -0.00203. The third-order valence-electron chi connectivity index (χ3n) is 3.06. The maximum Gasteiger partial charge on any atom is 0.234 e. The lowest BCUT2D eigenvalue weighted by Gasteiger charge is -2.26. The second kappa shape index (κ2) is 7.11. The van der Waals surface area contributed by atoms with E-state index in [1.165, 1.54) is 0 Å². The zero-order chi connectivity index (χ0) is 13.5. The summed E-state index contributed by atoms with van der Waals surface area (Å²) in [5, 5.41) is 6.06. The second-order valence-corrected chi connectivity index (χ2v) is 4.46. The van der Waals surface area contributed by atoms with E-state index in [9.17, 15) is 4.79 Å². The van der Waals surface area contributed by atoms with Crippen molar-refractivity contribution < 1.29 is 14.3 Å².